The lowest BCUT2D eigenvalue weighted by atomic mass is 10.1. The van der Waals surface area contributed by atoms with E-state index in [9.17, 15) is 4.79 Å². The molecule has 2 N–H and O–H groups in total. The Bertz CT molecular complexity index is 403. The summed E-state index contributed by atoms with van der Waals surface area (Å²) in [5.41, 5.74) is 1.25. The number of rotatable bonds is 8. The molecular formula is C16H26N2O2. The number of hydrogen-bond donors (Lipinski definition) is 2. The SMILES string of the molecule is CCC(C)NC(=O)COc1ccc(CC(C)NC)cc1. The van der Waals surface area contributed by atoms with E-state index in [1.807, 2.05) is 45.2 Å². The van der Waals surface area contributed by atoms with Gasteiger partial charge in [0.2, 0.25) is 0 Å². The van der Waals surface area contributed by atoms with Gasteiger partial charge in [-0.1, -0.05) is 19.1 Å². The smallest absolute Gasteiger partial charge is 0.258 e. The molecule has 0 saturated heterocycles. The standard InChI is InChI=1S/C16H26N2O2/c1-5-12(2)18-16(19)11-20-15-8-6-14(7-9-15)10-13(3)17-4/h6-9,12-13,17H,5,10-11H2,1-4H3,(H,18,19). The molecule has 1 rings (SSSR count). The Morgan fingerprint density at radius 2 is 1.85 bits per heavy atom. The van der Waals surface area contributed by atoms with Crippen LogP contribution in [0.1, 0.15) is 32.8 Å². The van der Waals surface area contributed by atoms with Gasteiger partial charge in [0.25, 0.3) is 5.91 Å². The van der Waals surface area contributed by atoms with Crippen LogP contribution in [0.25, 0.3) is 0 Å². The van der Waals surface area contributed by atoms with E-state index in [0.717, 1.165) is 18.6 Å². The van der Waals surface area contributed by atoms with Crippen LogP contribution in [0.4, 0.5) is 0 Å². The number of carbonyl (C=O) groups is 1. The lowest BCUT2D eigenvalue weighted by Gasteiger charge is -2.13. The third-order valence-corrected chi connectivity index (χ3v) is 3.35. The third kappa shape index (κ3) is 6.06. The highest BCUT2D eigenvalue weighted by molar-refractivity contribution is 5.77. The molecule has 0 saturated carbocycles. The van der Waals surface area contributed by atoms with Crippen LogP contribution in [0.2, 0.25) is 0 Å². The summed E-state index contributed by atoms with van der Waals surface area (Å²) in [6.07, 6.45) is 1.90. The average molecular weight is 278 g/mol. The van der Waals surface area contributed by atoms with E-state index < -0.39 is 0 Å². The first-order chi connectivity index (χ1) is 9.55. The van der Waals surface area contributed by atoms with Gasteiger partial charge in [-0.05, 0) is 51.4 Å². The van der Waals surface area contributed by atoms with Crippen molar-refractivity contribution in [1.29, 1.82) is 0 Å². The molecule has 0 radical (unpaired) electrons. The number of ether oxygens (including phenoxy) is 1. The van der Waals surface area contributed by atoms with Gasteiger partial charge in [0.1, 0.15) is 5.75 Å². The second-order valence-electron chi connectivity index (χ2n) is 5.20. The largest absolute Gasteiger partial charge is 0.484 e. The van der Waals surface area contributed by atoms with E-state index in [2.05, 4.69) is 17.6 Å². The zero-order chi connectivity index (χ0) is 15.0. The molecular weight excluding hydrogens is 252 g/mol. The molecule has 1 aromatic rings. The van der Waals surface area contributed by atoms with E-state index in [1.165, 1.54) is 5.56 Å². The van der Waals surface area contributed by atoms with Crippen LogP contribution < -0.4 is 15.4 Å². The van der Waals surface area contributed by atoms with Crippen molar-refractivity contribution in [2.45, 2.75) is 45.7 Å². The van der Waals surface area contributed by atoms with Gasteiger partial charge >= 0.3 is 0 Å². The molecule has 2 unspecified atom stereocenters. The van der Waals surface area contributed by atoms with Crippen molar-refractivity contribution < 1.29 is 9.53 Å². The van der Waals surface area contributed by atoms with Gasteiger partial charge < -0.3 is 15.4 Å². The molecule has 0 spiro atoms. The molecule has 0 fully saturated rings. The summed E-state index contributed by atoms with van der Waals surface area (Å²) in [6, 6.07) is 8.54. The number of hydrogen-bond acceptors (Lipinski definition) is 3. The number of nitrogens with one attached hydrogen (secondary N) is 2. The Balaban J connectivity index is 2.40. The maximum atomic E-state index is 11.6. The number of likely N-dealkylation sites (N-methyl/N-ethyl adjacent to an activating group) is 1. The maximum Gasteiger partial charge on any atom is 0.258 e. The molecule has 20 heavy (non-hydrogen) atoms. The van der Waals surface area contributed by atoms with Crippen LogP contribution in [0.15, 0.2) is 24.3 Å². The average Bonchev–Trinajstić information content (AvgIpc) is 2.46. The minimum atomic E-state index is -0.0766. The van der Waals surface area contributed by atoms with E-state index in [-0.39, 0.29) is 18.6 Å². The molecule has 112 valence electrons. The third-order valence-electron chi connectivity index (χ3n) is 3.35. The van der Waals surface area contributed by atoms with E-state index in [4.69, 9.17) is 4.74 Å². The minimum absolute atomic E-state index is 0.0661. The summed E-state index contributed by atoms with van der Waals surface area (Å²) >= 11 is 0. The first kappa shape index (κ1) is 16.5. The monoisotopic (exact) mass is 278 g/mol. The Morgan fingerprint density at radius 3 is 2.40 bits per heavy atom. The van der Waals surface area contributed by atoms with Crippen LogP contribution in [0, 0.1) is 0 Å². The topological polar surface area (TPSA) is 50.4 Å². The fraction of sp³-hybridized carbons (Fsp3) is 0.562. The van der Waals surface area contributed by atoms with Gasteiger partial charge in [0, 0.05) is 12.1 Å². The molecule has 0 aliphatic carbocycles. The molecule has 0 bridgehead atoms. The highest BCUT2D eigenvalue weighted by atomic mass is 16.5. The van der Waals surface area contributed by atoms with Crippen molar-refractivity contribution in [3.8, 4) is 5.75 Å². The van der Waals surface area contributed by atoms with Crippen LogP contribution in [-0.2, 0) is 11.2 Å². The van der Waals surface area contributed by atoms with Gasteiger partial charge in [-0.25, -0.2) is 0 Å². The summed E-state index contributed by atoms with van der Waals surface area (Å²) in [6.45, 7) is 6.23. The first-order valence-electron chi connectivity index (χ1n) is 7.23. The van der Waals surface area contributed by atoms with E-state index in [0.29, 0.717) is 6.04 Å². The highest BCUT2D eigenvalue weighted by Gasteiger charge is 2.06. The van der Waals surface area contributed by atoms with Crippen molar-refractivity contribution in [2.24, 2.45) is 0 Å². The zero-order valence-electron chi connectivity index (χ0n) is 12.9. The zero-order valence-corrected chi connectivity index (χ0v) is 12.9. The van der Waals surface area contributed by atoms with Crippen molar-refractivity contribution in [3.05, 3.63) is 29.8 Å². The Morgan fingerprint density at radius 1 is 1.20 bits per heavy atom. The van der Waals surface area contributed by atoms with Gasteiger partial charge in [-0.3, -0.25) is 4.79 Å². The summed E-state index contributed by atoms with van der Waals surface area (Å²) < 4.78 is 5.47. The van der Waals surface area contributed by atoms with Crippen molar-refractivity contribution in [3.63, 3.8) is 0 Å². The number of amides is 1. The van der Waals surface area contributed by atoms with Crippen molar-refractivity contribution >= 4 is 5.91 Å². The number of benzene rings is 1. The quantitative estimate of drug-likeness (QED) is 0.766. The highest BCUT2D eigenvalue weighted by Crippen LogP contribution is 2.13. The molecule has 1 aromatic carbocycles. The fourth-order valence-corrected chi connectivity index (χ4v) is 1.74. The molecule has 0 heterocycles. The molecule has 0 aliphatic heterocycles. The lowest BCUT2D eigenvalue weighted by molar-refractivity contribution is -0.123. The van der Waals surface area contributed by atoms with Crippen molar-refractivity contribution in [1.82, 2.24) is 10.6 Å². The van der Waals surface area contributed by atoms with Crippen LogP contribution in [0.3, 0.4) is 0 Å². The minimum Gasteiger partial charge on any atom is -0.484 e. The molecule has 4 heteroatoms. The normalized spacial score (nSPS) is 13.6. The maximum absolute atomic E-state index is 11.6. The predicted molar refractivity (Wildman–Crippen MR) is 82.1 cm³/mol. The summed E-state index contributed by atoms with van der Waals surface area (Å²) in [5.74, 6) is 0.650. The Hall–Kier alpha value is -1.55. The summed E-state index contributed by atoms with van der Waals surface area (Å²) in [5, 5.41) is 6.08. The fourth-order valence-electron chi connectivity index (χ4n) is 1.74. The molecule has 0 aromatic heterocycles. The lowest BCUT2D eigenvalue weighted by Crippen LogP contribution is -2.35. The second kappa shape index (κ2) is 8.59. The van der Waals surface area contributed by atoms with Gasteiger partial charge in [0.15, 0.2) is 6.61 Å². The van der Waals surface area contributed by atoms with Crippen LogP contribution >= 0.6 is 0 Å². The second-order valence-corrected chi connectivity index (χ2v) is 5.20. The van der Waals surface area contributed by atoms with Gasteiger partial charge in [-0.15, -0.1) is 0 Å². The number of carbonyl (C=O) groups excluding carboxylic acids is 1. The van der Waals surface area contributed by atoms with E-state index in [1.54, 1.807) is 0 Å². The van der Waals surface area contributed by atoms with Crippen molar-refractivity contribution in [2.75, 3.05) is 13.7 Å². The van der Waals surface area contributed by atoms with Gasteiger partial charge in [-0.2, -0.15) is 0 Å². The van der Waals surface area contributed by atoms with E-state index >= 15 is 0 Å². The van der Waals surface area contributed by atoms with Crippen LogP contribution in [0.5, 0.6) is 5.75 Å². The molecule has 0 aliphatic rings. The Kier molecular flexibility index (Phi) is 7.09. The van der Waals surface area contributed by atoms with Crippen LogP contribution in [-0.4, -0.2) is 31.6 Å². The summed E-state index contributed by atoms with van der Waals surface area (Å²) in [4.78, 5) is 11.6. The molecule has 2 atom stereocenters. The van der Waals surface area contributed by atoms with Gasteiger partial charge in [0.05, 0.1) is 0 Å². The first-order valence-corrected chi connectivity index (χ1v) is 7.23. The predicted octanol–water partition coefficient (Wildman–Crippen LogP) is 2.13. The molecule has 4 nitrogen and oxygen atoms in total. The Labute approximate surface area is 121 Å². The summed E-state index contributed by atoms with van der Waals surface area (Å²) in [7, 11) is 1.96. The molecule has 1 amide bonds.